The van der Waals surface area contributed by atoms with Crippen molar-refractivity contribution in [3.63, 3.8) is 0 Å². The molecule has 0 spiro atoms. The quantitative estimate of drug-likeness (QED) is 0.351. The number of carbonyl (C=O) groups excluding carboxylic acids is 1. The van der Waals surface area contributed by atoms with E-state index in [4.69, 9.17) is 5.11 Å². The number of nitrogens with zero attached hydrogens (tertiary/aromatic N) is 4. The highest BCUT2D eigenvalue weighted by Gasteiger charge is 2.15. The summed E-state index contributed by atoms with van der Waals surface area (Å²) >= 11 is 0. The second-order valence-corrected chi connectivity index (χ2v) is 8.02. The Labute approximate surface area is 194 Å². The molecule has 0 aliphatic rings. The number of carboxylic acid groups (broad SMARTS) is 1. The van der Waals surface area contributed by atoms with Gasteiger partial charge in [-0.1, -0.05) is 18.2 Å². The van der Waals surface area contributed by atoms with Crippen molar-refractivity contribution in [3.05, 3.63) is 89.9 Å². The van der Waals surface area contributed by atoms with E-state index in [1.807, 2.05) is 37.4 Å². The molecule has 0 saturated carbocycles. The summed E-state index contributed by atoms with van der Waals surface area (Å²) in [7, 11) is 1.82. The Balaban J connectivity index is 1.34. The highest BCUT2D eigenvalue weighted by molar-refractivity contribution is 5.96. The molecule has 168 valence electrons. The van der Waals surface area contributed by atoms with Gasteiger partial charge >= 0.3 is 5.97 Å². The summed E-state index contributed by atoms with van der Waals surface area (Å²) < 4.78 is 1.71. The fourth-order valence-electron chi connectivity index (χ4n) is 3.92. The largest absolute Gasteiger partial charge is 0.478 e. The van der Waals surface area contributed by atoms with E-state index in [1.54, 1.807) is 47.4 Å². The fourth-order valence-corrected chi connectivity index (χ4v) is 3.92. The molecule has 0 aliphatic carbocycles. The molecular weight excluding hydrogens is 430 g/mol. The third-order valence-corrected chi connectivity index (χ3v) is 5.73. The fraction of sp³-hybridized carbons (Fsp3) is 0.115. The van der Waals surface area contributed by atoms with Crippen LogP contribution in [0.5, 0.6) is 0 Å². The smallest absolute Gasteiger partial charge is 0.335 e. The van der Waals surface area contributed by atoms with Crippen LogP contribution < -0.4 is 0 Å². The molecule has 5 rings (SSSR count). The van der Waals surface area contributed by atoms with Gasteiger partial charge in [-0.05, 0) is 54.4 Å². The van der Waals surface area contributed by atoms with Crippen LogP contribution in [0.2, 0.25) is 0 Å². The van der Waals surface area contributed by atoms with Crippen LogP contribution in [-0.2, 0) is 13.5 Å². The van der Waals surface area contributed by atoms with E-state index >= 15 is 0 Å². The number of benzene rings is 2. The van der Waals surface area contributed by atoms with E-state index in [-0.39, 0.29) is 11.3 Å². The molecule has 0 atom stereocenters. The maximum absolute atomic E-state index is 12.8. The lowest BCUT2D eigenvalue weighted by atomic mass is 10.0. The van der Waals surface area contributed by atoms with E-state index < -0.39 is 5.97 Å². The number of aryl methyl sites for hydroxylation is 2. The molecule has 3 aromatic heterocycles. The number of aromatic amines is 1. The van der Waals surface area contributed by atoms with Crippen LogP contribution in [0.4, 0.5) is 0 Å². The molecule has 5 aromatic rings. The number of ketones is 1. The van der Waals surface area contributed by atoms with Crippen LogP contribution in [0.15, 0.2) is 73.1 Å². The first-order valence-corrected chi connectivity index (χ1v) is 10.8. The predicted molar refractivity (Wildman–Crippen MR) is 128 cm³/mol. The Bertz CT molecular complexity index is 1500. The lowest BCUT2D eigenvalue weighted by molar-refractivity contribution is 0.0696. The number of fused-ring (bicyclic) bond motifs is 1. The van der Waals surface area contributed by atoms with Gasteiger partial charge in [0.1, 0.15) is 5.69 Å². The summed E-state index contributed by atoms with van der Waals surface area (Å²) in [4.78, 5) is 35.7. The van der Waals surface area contributed by atoms with Crippen LogP contribution >= 0.6 is 0 Å². The number of Topliss-reactive ketones (excluding diaryl/α,β-unsaturated/α-hetero) is 1. The first-order chi connectivity index (χ1) is 16.5. The third kappa shape index (κ3) is 4.21. The normalized spacial score (nSPS) is 11.1. The standard InChI is InChI=1S/C26H21N5O3/c1-31-23(15-21(30-31)24(32)10-5-16-3-6-17(7-4-16)26(33)34)18-8-9-20-19(13-18)14-22(29-20)25-27-11-2-12-28-25/h2-4,6-9,11-15,29H,5,10H2,1H3,(H,33,34). The highest BCUT2D eigenvalue weighted by atomic mass is 16.4. The van der Waals surface area contributed by atoms with Crippen molar-refractivity contribution in [2.45, 2.75) is 12.8 Å². The third-order valence-electron chi connectivity index (χ3n) is 5.73. The van der Waals surface area contributed by atoms with Crippen molar-refractivity contribution in [3.8, 4) is 22.8 Å². The molecule has 3 heterocycles. The van der Waals surface area contributed by atoms with Gasteiger partial charge in [0.15, 0.2) is 11.6 Å². The zero-order valence-electron chi connectivity index (χ0n) is 18.4. The number of carboxylic acids is 1. The van der Waals surface area contributed by atoms with Crippen molar-refractivity contribution in [1.29, 1.82) is 0 Å². The van der Waals surface area contributed by atoms with Crippen molar-refractivity contribution >= 4 is 22.7 Å². The molecule has 34 heavy (non-hydrogen) atoms. The topological polar surface area (TPSA) is 114 Å². The minimum atomic E-state index is -0.967. The second kappa shape index (κ2) is 8.74. The van der Waals surface area contributed by atoms with E-state index in [9.17, 15) is 9.59 Å². The van der Waals surface area contributed by atoms with Gasteiger partial charge < -0.3 is 10.1 Å². The molecule has 0 bridgehead atoms. The Kier molecular flexibility index (Phi) is 5.47. The number of hydrogen-bond acceptors (Lipinski definition) is 5. The summed E-state index contributed by atoms with van der Waals surface area (Å²) in [5.74, 6) is -0.396. The molecule has 0 radical (unpaired) electrons. The lowest BCUT2D eigenvalue weighted by Crippen LogP contribution is -2.03. The maximum atomic E-state index is 12.8. The molecule has 2 aromatic carbocycles. The van der Waals surface area contributed by atoms with Crippen LogP contribution in [0, 0.1) is 0 Å². The van der Waals surface area contributed by atoms with Crippen LogP contribution in [0.25, 0.3) is 33.7 Å². The van der Waals surface area contributed by atoms with E-state index in [1.165, 1.54) is 0 Å². The number of carbonyl (C=O) groups is 2. The molecule has 2 N–H and O–H groups in total. The van der Waals surface area contributed by atoms with Gasteiger partial charge in [0.25, 0.3) is 0 Å². The van der Waals surface area contributed by atoms with Crippen LogP contribution in [-0.4, -0.2) is 41.6 Å². The van der Waals surface area contributed by atoms with Crippen molar-refractivity contribution in [1.82, 2.24) is 24.7 Å². The number of aromatic carboxylic acids is 1. The molecule has 0 fully saturated rings. The molecule has 0 aliphatic heterocycles. The zero-order chi connectivity index (χ0) is 23.7. The summed E-state index contributed by atoms with van der Waals surface area (Å²) in [5.41, 5.74) is 5.15. The monoisotopic (exact) mass is 451 g/mol. The summed E-state index contributed by atoms with van der Waals surface area (Å²) in [6, 6.07) is 18.2. The second-order valence-electron chi connectivity index (χ2n) is 8.02. The first-order valence-electron chi connectivity index (χ1n) is 10.8. The van der Waals surface area contributed by atoms with Crippen molar-refractivity contribution in [2.24, 2.45) is 7.05 Å². The Hall–Kier alpha value is -4.59. The van der Waals surface area contributed by atoms with Gasteiger partial charge in [-0.15, -0.1) is 0 Å². The highest BCUT2D eigenvalue weighted by Crippen LogP contribution is 2.28. The minimum absolute atomic E-state index is 0.0598. The molecule has 0 amide bonds. The number of rotatable bonds is 7. The van der Waals surface area contributed by atoms with Crippen molar-refractivity contribution in [2.75, 3.05) is 0 Å². The predicted octanol–water partition coefficient (Wildman–Crippen LogP) is 4.54. The number of aromatic nitrogens is 5. The Morgan fingerprint density at radius 1 is 1.00 bits per heavy atom. The molecular formula is C26H21N5O3. The number of nitrogens with one attached hydrogen (secondary N) is 1. The molecule has 0 unspecified atom stereocenters. The van der Waals surface area contributed by atoms with Gasteiger partial charge in [0.05, 0.1) is 17.0 Å². The summed E-state index contributed by atoms with van der Waals surface area (Å²) in [6.45, 7) is 0. The average Bonchev–Trinajstić information content (AvgIpc) is 3.46. The van der Waals surface area contributed by atoms with Gasteiger partial charge in [-0.2, -0.15) is 5.10 Å². The summed E-state index contributed by atoms with van der Waals surface area (Å²) in [6.07, 6.45) is 4.22. The lowest BCUT2D eigenvalue weighted by Gasteiger charge is -2.01. The van der Waals surface area contributed by atoms with E-state index in [0.29, 0.717) is 24.4 Å². The average molecular weight is 451 g/mol. The SMILES string of the molecule is Cn1nc(C(=O)CCc2ccc(C(=O)O)cc2)cc1-c1ccc2[nH]c(-c3ncccn3)cc2c1. The Morgan fingerprint density at radius 3 is 2.50 bits per heavy atom. The minimum Gasteiger partial charge on any atom is -0.478 e. The number of H-pyrrole nitrogens is 1. The maximum Gasteiger partial charge on any atom is 0.335 e. The summed E-state index contributed by atoms with van der Waals surface area (Å²) in [5, 5.41) is 14.4. The van der Waals surface area contributed by atoms with E-state index in [2.05, 4.69) is 20.1 Å². The van der Waals surface area contributed by atoms with Crippen molar-refractivity contribution < 1.29 is 14.7 Å². The van der Waals surface area contributed by atoms with Crippen LogP contribution in [0.1, 0.15) is 32.8 Å². The molecule has 8 heteroatoms. The van der Waals surface area contributed by atoms with Gasteiger partial charge in [-0.3, -0.25) is 9.48 Å². The van der Waals surface area contributed by atoms with Crippen LogP contribution in [0.3, 0.4) is 0 Å². The molecule has 0 saturated heterocycles. The van der Waals surface area contributed by atoms with E-state index in [0.717, 1.165) is 33.4 Å². The van der Waals surface area contributed by atoms with Gasteiger partial charge in [-0.25, -0.2) is 14.8 Å². The molecule has 8 nitrogen and oxygen atoms in total. The van der Waals surface area contributed by atoms with Gasteiger partial charge in [0.2, 0.25) is 0 Å². The zero-order valence-corrected chi connectivity index (χ0v) is 18.4. The Morgan fingerprint density at radius 2 is 1.76 bits per heavy atom. The first kappa shape index (κ1) is 21.3. The van der Waals surface area contributed by atoms with Gasteiger partial charge in [0, 0.05) is 42.3 Å². The number of hydrogen-bond donors (Lipinski definition) is 2.